The molecule has 0 saturated carbocycles. The minimum atomic E-state index is -0.640. The lowest BCUT2D eigenvalue weighted by molar-refractivity contribution is -0.128. The average molecular weight is 370 g/mol. The van der Waals surface area contributed by atoms with Crippen LogP contribution in [-0.2, 0) is 22.6 Å². The summed E-state index contributed by atoms with van der Waals surface area (Å²) < 4.78 is 0. The molecule has 5 nitrogen and oxygen atoms in total. The summed E-state index contributed by atoms with van der Waals surface area (Å²) >= 11 is 5.87. The number of carbonyl (C=O) groups is 2. The summed E-state index contributed by atoms with van der Waals surface area (Å²) in [6, 6.07) is 14.5. The highest BCUT2D eigenvalue weighted by molar-refractivity contribution is 6.30. The van der Waals surface area contributed by atoms with E-state index in [1.165, 1.54) is 6.92 Å². The van der Waals surface area contributed by atoms with E-state index in [1.807, 2.05) is 42.6 Å². The zero-order valence-corrected chi connectivity index (χ0v) is 15.1. The van der Waals surface area contributed by atoms with Crippen molar-refractivity contribution in [1.82, 2.24) is 15.6 Å². The third-order valence-electron chi connectivity index (χ3n) is 4.17. The number of halogens is 1. The number of aromatic amines is 1. The predicted octanol–water partition coefficient (Wildman–Crippen LogP) is 3.18. The van der Waals surface area contributed by atoms with Crippen LogP contribution in [0.1, 0.15) is 18.1 Å². The molecular formula is C20H20ClN3O2. The molecule has 1 atom stereocenters. The number of para-hydroxylation sites is 1. The maximum atomic E-state index is 12.6. The molecule has 2 aromatic carbocycles. The second-order valence-electron chi connectivity index (χ2n) is 6.16. The van der Waals surface area contributed by atoms with Gasteiger partial charge in [-0.2, -0.15) is 0 Å². The minimum absolute atomic E-state index is 0.222. The van der Waals surface area contributed by atoms with E-state index in [0.29, 0.717) is 18.0 Å². The van der Waals surface area contributed by atoms with Crippen LogP contribution in [-0.4, -0.2) is 22.8 Å². The van der Waals surface area contributed by atoms with Crippen molar-refractivity contribution < 1.29 is 9.59 Å². The first-order valence-electron chi connectivity index (χ1n) is 8.37. The monoisotopic (exact) mass is 369 g/mol. The maximum absolute atomic E-state index is 12.6. The number of benzene rings is 2. The standard InChI is InChI=1S/C20H20ClN3O2/c1-13(25)24-19(10-15-12-22-18-5-3-2-4-17(15)18)20(26)23-11-14-6-8-16(21)9-7-14/h2-9,12,19,22H,10-11H2,1H3,(H,23,26)(H,24,25)/t19-/m0/s1. The number of H-pyrrole nitrogens is 1. The van der Waals surface area contributed by atoms with Crippen LogP contribution in [0.2, 0.25) is 5.02 Å². The van der Waals surface area contributed by atoms with E-state index < -0.39 is 6.04 Å². The molecule has 0 aliphatic carbocycles. The first-order chi connectivity index (χ1) is 12.5. The lowest BCUT2D eigenvalue weighted by Gasteiger charge is -2.17. The Morgan fingerprint density at radius 2 is 1.85 bits per heavy atom. The molecular weight excluding hydrogens is 350 g/mol. The Balaban J connectivity index is 1.71. The Morgan fingerprint density at radius 1 is 1.12 bits per heavy atom. The van der Waals surface area contributed by atoms with Crippen molar-refractivity contribution in [3.63, 3.8) is 0 Å². The summed E-state index contributed by atoms with van der Waals surface area (Å²) in [5.74, 6) is -0.461. The Morgan fingerprint density at radius 3 is 2.58 bits per heavy atom. The molecule has 0 bridgehead atoms. The van der Waals surface area contributed by atoms with Gasteiger partial charge in [0.05, 0.1) is 0 Å². The van der Waals surface area contributed by atoms with E-state index >= 15 is 0 Å². The van der Waals surface area contributed by atoms with Gasteiger partial charge in [0.25, 0.3) is 0 Å². The van der Waals surface area contributed by atoms with Crippen molar-refractivity contribution in [3.05, 3.63) is 70.9 Å². The van der Waals surface area contributed by atoms with Crippen molar-refractivity contribution in [2.75, 3.05) is 0 Å². The molecule has 0 saturated heterocycles. The number of rotatable bonds is 6. The lowest BCUT2D eigenvalue weighted by atomic mass is 10.0. The van der Waals surface area contributed by atoms with Gasteiger partial charge in [-0.3, -0.25) is 9.59 Å². The Hall–Kier alpha value is -2.79. The van der Waals surface area contributed by atoms with Crippen molar-refractivity contribution in [1.29, 1.82) is 0 Å². The predicted molar refractivity (Wildman–Crippen MR) is 103 cm³/mol. The van der Waals surface area contributed by atoms with Crippen molar-refractivity contribution in [2.24, 2.45) is 0 Å². The highest BCUT2D eigenvalue weighted by Crippen LogP contribution is 2.19. The summed E-state index contributed by atoms with van der Waals surface area (Å²) in [6.07, 6.45) is 2.29. The molecule has 0 fully saturated rings. The molecule has 26 heavy (non-hydrogen) atoms. The Labute approximate surface area is 156 Å². The van der Waals surface area contributed by atoms with E-state index in [2.05, 4.69) is 15.6 Å². The van der Waals surface area contributed by atoms with Gasteiger partial charge < -0.3 is 15.6 Å². The van der Waals surface area contributed by atoms with Gasteiger partial charge in [-0.1, -0.05) is 41.9 Å². The largest absolute Gasteiger partial charge is 0.361 e. The molecule has 1 aromatic heterocycles. The molecule has 6 heteroatoms. The molecule has 0 aliphatic heterocycles. The van der Waals surface area contributed by atoms with Crippen LogP contribution in [0.3, 0.4) is 0 Å². The molecule has 0 aliphatic rings. The van der Waals surface area contributed by atoms with Crippen LogP contribution in [0.25, 0.3) is 10.9 Å². The van der Waals surface area contributed by atoms with Crippen LogP contribution < -0.4 is 10.6 Å². The van der Waals surface area contributed by atoms with Crippen LogP contribution in [0.5, 0.6) is 0 Å². The molecule has 0 unspecified atom stereocenters. The van der Waals surface area contributed by atoms with E-state index in [9.17, 15) is 9.59 Å². The SMILES string of the molecule is CC(=O)N[C@@H](Cc1c[nH]c2ccccc12)C(=O)NCc1ccc(Cl)cc1. The second kappa shape index (κ2) is 8.06. The number of nitrogens with one attached hydrogen (secondary N) is 3. The Kier molecular flexibility index (Phi) is 5.58. The van der Waals surface area contributed by atoms with Gasteiger partial charge in [0.15, 0.2) is 0 Å². The van der Waals surface area contributed by atoms with Crippen LogP contribution >= 0.6 is 11.6 Å². The minimum Gasteiger partial charge on any atom is -0.361 e. The summed E-state index contributed by atoms with van der Waals surface area (Å²) in [4.78, 5) is 27.4. The third kappa shape index (κ3) is 4.43. The zero-order valence-electron chi connectivity index (χ0n) is 14.4. The smallest absolute Gasteiger partial charge is 0.243 e. The molecule has 3 rings (SSSR count). The zero-order chi connectivity index (χ0) is 18.5. The van der Waals surface area contributed by atoms with E-state index in [-0.39, 0.29) is 11.8 Å². The number of amides is 2. The van der Waals surface area contributed by atoms with Gasteiger partial charge in [-0.15, -0.1) is 0 Å². The molecule has 1 heterocycles. The van der Waals surface area contributed by atoms with Gasteiger partial charge in [-0.05, 0) is 29.3 Å². The van der Waals surface area contributed by atoms with E-state index in [1.54, 1.807) is 12.1 Å². The fourth-order valence-electron chi connectivity index (χ4n) is 2.89. The van der Waals surface area contributed by atoms with Gasteiger partial charge in [-0.25, -0.2) is 0 Å². The average Bonchev–Trinajstić information content (AvgIpc) is 3.03. The molecule has 2 amide bonds. The van der Waals surface area contributed by atoms with Crippen LogP contribution in [0, 0.1) is 0 Å². The van der Waals surface area contributed by atoms with Gasteiger partial charge in [0, 0.05) is 42.0 Å². The fraction of sp³-hybridized carbons (Fsp3) is 0.200. The molecule has 0 radical (unpaired) electrons. The van der Waals surface area contributed by atoms with E-state index in [4.69, 9.17) is 11.6 Å². The van der Waals surface area contributed by atoms with Crippen LogP contribution in [0.4, 0.5) is 0 Å². The first-order valence-corrected chi connectivity index (χ1v) is 8.75. The quantitative estimate of drug-likeness (QED) is 0.624. The first kappa shape index (κ1) is 18.0. The lowest BCUT2D eigenvalue weighted by Crippen LogP contribution is -2.47. The highest BCUT2D eigenvalue weighted by Gasteiger charge is 2.21. The normalized spacial score (nSPS) is 11.9. The van der Waals surface area contributed by atoms with Gasteiger partial charge in [0.2, 0.25) is 11.8 Å². The summed E-state index contributed by atoms with van der Waals surface area (Å²) in [6.45, 7) is 1.79. The topological polar surface area (TPSA) is 74.0 Å². The number of hydrogen-bond donors (Lipinski definition) is 3. The molecule has 3 aromatic rings. The summed E-state index contributed by atoms with van der Waals surface area (Å²) in [5, 5.41) is 7.32. The summed E-state index contributed by atoms with van der Waals surface area (Å²) in [5.41, 5.74) is 2.93. The highest BCUT2D eigenvalue weighted by atomic mass is 35.5. The fourth-order valence-corrected chi connectivity index (χ4v) is 3.02. The Bertz CT molecular complexity index is 918. The summed E-state index contributed by atoms with van der Waals surface area (Å²) in [7, 11) is 0. The maximum Gasteiger partial charge on any atom is 0.243 e. The third-order valence-corrected chi connectivity index (χ3v) is 4.42. The van der Waals surface area contributed by atoms with E-state index in [0.717, 1.165) is 22.0 Å². The number of fused-ring (bicyclic) bond motifs is 1. The van der Waals surface area contributed by atoms with Gasteiger partial charge >= 0.3 is 0 Å². The van der Waals surface area contributed by atoms with Gasteiger partial charge in [0.1, 0.15) is 6.04 Å². The number of hydrogen-bond acceptors (Lipinski definition) is 2. The van der Waals surface area contributed by atoms with Crippen molar-refractivity contribution in [2.45, 2.75) is 25.9 Å². The van der Waals surface area contributed by atoms with Crippen molar-refractivity contribution >= 4 is 34.3 Å². The number of aromatic nitrogens is 1. The van der Waals surface area contributed by atoms with Crippen LogP contribution in [0.15, 0.2) is 54.7 Å². The molecule has 0 spiro atoms. The van der Waals surface area contributed by atoms with Crippen molar-refractivity contribution in [3.8, 4) is 0 Å². The molecule has 134 valence electrons. The molecule has 3 N–H and O–H groups in total. The number of carbonyl (C=O) groups excluding carboxylic acids is 2. The second-order valence-corrected chi connectivity index (χ2v) is 6.60.